The van der Waals surface area contributed by atoms with Crippen molar-refractivity contribution in [3.63, 3.8) is 0 Å². The van der Waals surface area contributed by atoms with E-state index in [-0.39, 0.29) is 6.10 Å². The molecule has 15 heavy (non-hydrogen) atoms. The molecule has 0 saturated carbocycles. The standard InChI is InChI=1S/C11H15BrClNO/c1-3-14-7-8(2)15-11-5-4-9(12)6-10(11)13/h4-6,8,14H,3,7H2,1-2H3. The van der Waals surface area contributed by atoms with Gasteiger partial charge in [0.1, 0.15) is 11.9 Å². The van der Waals surface area contributed by atoms with Gasteiger partial charge >= 0.3 is 0 Å². The largest absolute Gasteiger partial charge is 0.488 e. The molecule has 0 amide bonds. The van der Waals surface area contributed by atoms with Gasteiger partial charge in [0.2, 0.25) is 0 Å². The lowest BCUT2D eigenvalue weighted by molar-refractivity contribution is 0.218. The zero-order chi connectivity index (χ0) is 11.3. The molecule has 1 aromatic carbocycles. The van der Waals surface area contributed by atoms with Crippen LogP contribution in [0.2, 0.25) is 5.02 Å². The minimum absolute atomic E-state index is 0.114. The van der Waals surface area contributed by atoms with Gasteiger partial charge in [0.15, 0.2) is 0 Å². The van der Waals surface area contributed by atoms with Crippen LogP contribution in [0.25, 0.3) is 0 Å². The van der Waals surface area contributed by atoms with E-state index in [2.05, 4.69) is 28.2 Å². The molecule has 0 radical (unpaired) electrons. The van der Waals surface area contributed by atoms with Crippen LogP contribution in [0.4, 0.5) is 0 Å². The Labute approximate surface area is 104 Å². The highest BCUT2D eigenvalue weighted by atomic mass is 79.9. The van der Waals surface area contributed by atoms with Crippen molar-refractivity contribution >= 4 is 27.5 Å². The minimum atomic E-state index is 0.114. The van der Waals surface area contributed by atoms with E-state index in [0.717, 1.165) is 23.3 Å². The first-order chi connectivity index (χ1) is 7.13. The summed E-state index contributed by atoms with van der Waals surface area (Å²) in [5.41, 5.74) is 0. The van der Waals surface area contributed by atoms with Gasteiger partial charge in [0.05, 0.1) is 5.02 Å². The second kappa shape index (κ2) is 6.36. The van der Waals surface area contributed by atoms with Crippen LogP contribution in [0.5, 0.6) is 5.75 Å². The topological polar surface area (TPSA) is 21.3 Å². The second-order valence-electron chi connectivity index (χ2n) is 3.31. The number of hydrogen-bond acceptors (Lipinski definition) is 2. The first-order valence-electron chi connectivity index (χ1n) is 4.96. The molecule has 0 bridgehead atoms. The van der Waals surface area contributed by atoms with Crippen molar-refractivity contribution < 1.29 is 4.74 Å². The van der Waals surface area contributed by atoms with Crippen LogP contribution < -0.4 is 10.1 Å². The lowest BCUT2D eigenvalue weighted by Gasteiger charge is -2.15. The van der Waals surface area contributed by atoms with Crippen LogP contribution in [-0.4, -0.2) is 19.2 Å². The number of benzene rings is 1. The fraction of sp³-hybridized carbons (Fsp3) is 0.455. The van der Waals surface area contributed by atoms with E-state index >= 15 is 0 Å². The maximum absolute atomic E-state index is 6.03. The summed E-state index contributed by atoms with van der Waals surface area (Å²) in [6, 6.07) is 5.62. The normalized spacial score (nSPS) is 12.5. The number of ether oxygens (including phenoxy) is 1. The lowest BCUT2D eigenvalue weighted by atomic mass is 10.3. The number of hydrogen-bond donors (Lipinski definition) is 1. The molecule has 0 saturated heterocycles. The highest BCUT2D eigenvalue weighted by molar-refractivity contribution is 9.10. The molecule has 0 aromatic heterocycles. The van der Waals surface area contributed by atoms with Gasteiger partial charge in [0.25, 0.3) is 0 Å². The van der Waals surface area contributed by atoms with Gasteiger partial charge in [-0.1, -0.05) is 34.5 Å². The van der Waals surface area contributed by atoms with E-state index in [1.165, 1.54) is 0 Å². The molecule has 1 rings (SSSR count). The summed E-state index contributed by atoms with van der Waals surface area (Å²) in [4.78, 5) is 0. The summed E-state index contributed by atoms with van der Waals surface area (Å²) in [6.07, 6.45) is 0.114. The zero-order valence-electron chi connectivity index (χ0n) is 8.89. The smallest absolute Gasteiger partial charge is 0.138 e. The number of halogens is 2. The molecule has 0 aliphatic heterocycles. The van der Waals surface area contributed by atoms with E-state index in [1.54, 1.807) is 0 Å². The number of nitrogens with one attached hydrogen (secondary N) is 1. The maximum atomic E-state index is 6.03. The first-order valence-corrected chi connectivity index (χ1v) is 6.13. The Morgan fingerprint density at radius 1 is 1.53 bits per heavy atom. The molecule has 0 fully saturated rings. The van der Waals surface area contributed by atoms with Gasteiger partial charge in [-0.3, -0.25) is 0 Å². The molecule has 4 heteroatoms. The summed E-state index contributed by atoms with van der Waals surface area (Å²) in [6.45, 7) is 5.85. The van der Waals surface area contributed by atoms with Crippen molar-refractivity contribution in [3.05, 3.63) is 27.7 Å². The molecular weight excluding hydrogens is 277 g/mol. The van der Waals surface area contributed by atoms with Gasteiger partial charge in [-0.2, -0.15) is 0 Å². The molecule has 2 nitrogen and oxygen atoms in total. The Hall–Kier alpha value is -0.250. The van der Waals surface area contributed by atoms with Gasteiger partial charge < -0.3 is 10.1 Å². The molecule has 84 valence electrons. The predicted molar refractivity (Wildman–Crippen MR) is 67.8 cm³/mol. The fourth-order valence-electron chi connectivity index (χ4n) is 1.18. The average molecular weight is 293 g/mol. The summed E-state index contributed by atoms with van der Waals surface area (Å²) in [5, 5.41) is 3.85. The molecule has 0 aliphatic rings. The molecule has 1 unspecified atom stereocenters. The summed E-state index contributed by atoms with van der Waals surface area (Å²) >= 11 is 9.38. The molecule has 1 atom stereocenters. The van der Waals surface area contributed by atoms with Crippen LogP contribution in [0, 0.1) is 0 Å². The van der Waals surface area contributed by atoms with Gasteiger partial charge in [0, 0.05) is 11.0 Å². The molecular formula is C11H15BrClNO. The van der Waals surface area contributed by atoms with Crippen LogP contribution in [0.3, 0.4) is 0 Å². The van der Waals surface area contributed by atoms with E-state index in [9.17, 15) is 0 Å². The van der Waals surface area contributed by atoms with Gasteiger partial charge in [-0.05, 0) is 31.7 Å². The number of likely N-dealkylation sites (N-methyl/N-ethyl adjacent to an activating group) is 1. The van der Waals surface area contributed by atoms with Crippen LogP contribution >= 0.6 is 27.5 Å². The fourth-order valence-corrected chi connectivity index (χ4v) is 1.89. The lowest BCUT2D eigenvalue weighted by Crippen LogP contribution is -2.28. The quantitative estimate of drug-likeness (QED) is 0.897. The summed E-state index contributed by atoms with van der Waals surface area (Å²) in [5.74, 6) is 0.727. The van der Waals surface area contributed by atoms with Crippen LogP contribution in [0.1, 0.15) is 13.8 Å². The van der Waals surface area contributed by atoms with Crippen LogP contribution in [0.15, 0.2) is 22.7 Å². The highest BCUT2D eigenvalue weighted by Crippen LogP contribution is 2.28. The second-order valence-corrected chi connectivity index (χ2v) is 4.63. The van der Waals surface area contributed by atoms with Gasteiger partial charge in [-0.15, -0.1) is 0 Å². The maximum Gasteiger partial charge on any atom is 0.138 e. The summed E-state index contributed by atoms with van der Waals surface area (Å²) < 4.78 is 6.64. The van der Waals surface area contributed by atoms with E-state index in [4.69, 9.17) is 16.3 Å². The third-order valence-electron chi connectivity index (χ3n) is 1.90. The van der Waals surface area contributed by atoms with Crippen LogP contribution in [-0.2, 0) is 0 Å². The van der Waals surface area contributed by atoms with E-state index in [1.807, 2.05) is 25.1 Å². The Morgan fingerprint density at radius 2 is 2.27 bits per heavy atom. The zero-order valence-corrected chi connectivity index (χ0v) is 11.2. The average Bonchev–Trinajstić information content (AvgIpc) is 2.19. The van der Waals surface area contributed by atoms with Crippen molar-refractivity contribution in [2.75, 3.05) is 13.1 Å². The Bertz CT molecular complexity index is 319. The van der Waals surface area contributed by atoms with Gasteiger partial charge in [-0.25, -0.2) is 0 Å². The molecule has 1 N–H and O–H groups in total. The Morgan fingerprint density at radius 3 is 2.87 bits per heavy atom. The molecule has 0 heterocycles. The molecule has 0 spiro atoms. The van der Waals surface area contributed by atoms with Crippen molar-refractivity contribution in [3.8, 4) is 5.75 Å². The minimum Gasteiger partial charge on any atom is -0.488 e. The molecule has 0 aliphatic carbocycles. The highest BCUT2D eigenvalue weighted by Gasteiger charge is 2.06. The monoisotopic (exact) mass is 291 g/mol. The Kier molecular flexibility index (Phi) is 5.43. The molecule has 1 aromatic rings. The summed E-state index contributed by atoms with van der Waals surface area (Å²) in [7, 11) is 0. The van der Waals surface area contributed by atoms with E-state index < -0.39 is 0 Å². The third kappa shape index (κ3) is 4.41. The first kappa shape index (κ1) is 12.8. The predicted octanol–water partition coefficient (Wildman–Crippen LogP) is 3.48. The van der Waals surface area contributed by atoms with Crippen molar-refractivity contribution in [2.45, 2.75) is 20.0 Å². The number of rotatable bonds is 5. The van der Waals surface area contributed by atoms with Crippen molar-refractivity contribution in [1.29, 1.82) is 0 Å². The van der Waals surface area contributed by atoms with Crippen molar-refractivity contribution in [2.24, 2.45) is 0 Å². The SMILES string of the molecule is CCNCC(C)Oc1ccc(Br)cc1Cl. The Balaban J connectivity index is 2.56. The third-order valence-corrected chi connectivity index (χ3v) is 2.69. The van der Waals surface area contributed by atoms with E-state index in [0.29, 0.717) is 5.02 Å². The van der Waals surface area contributed by atoms with Crippen molar-refractivity contribution in [1.82, 2.24) is 5.32 Å².